The Hall–Kier alpha value is -3.15. The predicted molar refractivity (Wildman–Crippen MR) is 335 cm³/mol. The molecule has 0 saturated heterocycles. The molecular formula is C71H126O6. The van der Waals surface area contributed by atoms with Gasteiger partial charge in [0.15, 0.2) is 6.10 Å². The minimum Gasteiger partial charge on any atom is -0.462 e. The van der Waals surface area contributed by atoms with Crippen molar-refractivity contribution in [2.24, 2.45) is 0 Å². The van der Waals surface area contributed by atoms with Crippen molar-refractivity contribution in [3.05, 3.63) is 72.9 Å². The molecule has 0 bridgehead atoms. The van der Waals surface area contributed by atoms with Crippen LogP contribution in [0.1, 0.15) is 342 Å². The number of hydrogen-bond acceptors (Lipinski definition) is 6. The first-order chi connectivity index (χ1) is 38.0. The first kappa shape index (κ1) is 73.8. The van der Waals surface area contributed by atoms with Crippen LogP contribution in [0.15, 0.2) is 72.9 Å². The summed E-state index contributed by atoms with van der Waals surface area (Å²) in [5.74, 6) is -0.862. The molecule has 0 spiro atoms. The quantitative estimate of drug-likeness (QED) is 0.0261. The molecule has 0 aromatic heterocycles. The van der Waals surface area contributed by atoms with E-state index in [4.69, 9.17) is 14.2 Å². The number of rotatable bonds is 61. The van der Waals surface area contributed by atoms with Crippen LogP contribution in [0.5, 0.6) is 0 Å². The highest BCUT2D eigenvalue weighted by atomic mass is 16.6. The zero-order valence-electron chi connectivity index (χ0n) is 51.2. The van der Waals surface area contributed by atoms with E-state index < -0.39 is 6.10 Å². The lowest BCUT2D eigenvalue weighted by molar-refractivity contribution is -0.167. The fourth-order valence-corrected chi connectivity index (χ4v) is 9.74. The molecule has 77 heavy (non-hydrogen) atoms. The van der Waals surface area contributed by atoms with Crippen molar-refractivity contribution in [1.82, 2.24) is 0 Å². The Morgan fingerprint density at radius 1 is 0.273 bits per heavy atom. The first-order valence-corrected chi connectivity index (χ1v) is 33.4. The molecule has 0 aliphatic rings. The maximum absolute atomic E-state index is 12.8. The number of unbranched alkanes of at least 4 members (excludes halogenated alkanes) is 38. The Bertz CT molecular complexity index is 1420. The molecule has 0 radical (unpaired) electrons. The van der Waals surface area contributed by atoms with E-state index in [0.717, 1.165) is 96.3 Å². The monoisotopic (exact) mass is 1070 g/mol. The molecule has 0 amide bonds. The van der Waals surface area contributed by atoms with Gasteiger partial charge in [0.05, 0.1) is 0 Å². The molecule has 0 aromatic rings. The largest absolute Gasteiger partial charge is 0.462 e. The van der Waals surface area contributed by atoms with Gasteiger partial charge in [0.2, 0.25) is 0 Å². The summed E-state index contributed by atoms with van der Waals surface area (Å²) in [4.78, 5) is 38.0. The van der Waals surface area contributed by atoms with Crippen LogP contribution in [0.2, 0.25) is 0 Å². The van der Waals surface area contributed by atoms with E-state index in [1.54, 1.807) is 0 Å². The van der Waals surface area contributed by atoms with Crippen molar-refractivity contribution in [3.63, 3.8) is 0 Å². The van der Waals surface area contributed by atoms with Gasteiger partial charge in [0, 0.05) is 19.3 Å². The maximum atomic E-state index is 12.8. The zero-order chi connectivity index (χ0) is 55.7. The second-order valence-electron chi connectivity index (χ2n) is 22.4. The Balaban J connectivity index is 4.00. The molecule has 0 aromatic carbocycles. The summed E-state index contributed by atoms with van der Waals surface area (Å²) in [6.45, 7) is 6.51. The van der Waals surface area contributed by atoms with Gasteiger partial charge >= 0.3 is 17.9 Å². The third kappa shape index (κ3) is 63.6. The number of hydrogen-bond donors (Lipinski definition) is 0. The fourth-order valence-electron chi connectivity index (χ4n) is 9.74. The summed E-state index contributed by atoms with van der Waals surface area (Å²) < 4.78 is 16.8. The SMILES string of the molecule is CC/C=C\C/C=C\C/C=C\C/C=C\C/C=C\C/C=C\CCCCCCCCCCCCCCCCC(=O)OCC(COC(=O)CCCCCCCC)OC(=O)CCCCCCCCCCCCCCCCCCCCCC. The van der Waals surface area contributed by atoms with Gasteiger partial charge in [-0.15, -0.1) is 0 Å². The van der Waals surface area contributed by atoms with Crippen molar-refractivity contribution in [3.8, 4) is 0 Å². The van der Waals surface area contributed by atoms with Crippen molar-refractivity contribution in [2.75, 3.05) is 13.2 Å². The summed E-state index contributed by atoms with van der Waals surface area (Å²) in [6, 6.07) is 0. The van der Waals surface area contributed by atoms with Crippen LogP contribution in [0.3, 0.4) is 0 Å². The Morgan fingerprint density at radius 3 is 0.792 bits per heavy atom. The van der Waals surface area contributed by atoms with Crippen molar-refractivity contribution in [1.29, 1.82) is 0 Å². The van der Waals surface area contributed by atoms with Gasteiger partial charge in [-0.25, -0.2) is 0 Å². The molecular weight excluding hydrogens is 949 g/mol. The van der Waals surface area contributed by atoms with Gasteiger partial charge in [-0.3, -0.25) is 14.4 Å². The fraction of sp³-hybridized carbons (Fsp3) is 0.789. The third-order valence-electron chi connectivity index (χ3n) is 14.7. The van der Waals surface area contributed by atoms with Crippen LogP contribution in [-0.4, -0.2) is 37.2 Å². The van der Waals surface area contributed by atoms with Crippen LogP contribution in [0.4, 0.5) is 0 Å². The lowest BCUT2D eigenvalue weighted by Crippen LogP contribution is -2.30. The van der Waals surface area contributed by atoms with E-state index in [0.29, 0.717) is 19.3 Å². The van der Waals surface area contributed by atoms with E-state index in [1.165, 1.54) is 205 Å². The Kier molecular flexibility index (Phi) is 62.7. The van der Waals surface area contributed by atoms with Crippen molar-refractivity contribution in [2.45, 2.75) is 348 Å². The number of ether oxygens (including phenoxy) is 3. The number of carbonyl (C=O) groups excluding carboxylic acids is 3. The summed E-state index contributed by atoms with van der Waals surface area (Å²) in [7, 11) is 0. The smallest absolute Gasteiger partial charge is 0.306 e. The standard InChI is InChI=1S/C71H126O6/c1-4-7-10-13-16-18-20-22-24-26-28-30-31-32-33-34-35-36-37-38-39-40-41-42-44-45-47-49-51-53-55-58-61-64-70(73)76-67-68(66-75-69(72)63-60-57-15-12-9-6-3)77-71(74)65-62-59-56-54-52-50-48-46-43-29-27-25-23-21-19-17-14-11-8-5-2/h7,10,16,18,22,24,28,30,32-33,35-36,68H,4-6,8-9,11-15,17,19-21,23,25-27,29,31,34,37-67H2,1-3H3/b10-7-,18-16-,24-22-,30-28-,33-32-,36-35-. The average Bonchev–Trinajstić information content (AvgIpc) is 3.43. The van der Waals surface area contributed by atoms with Gasteiger partial charge in [0.25, 0.3) is 0 Å². The van der Waals surface area contributed by atoms with Crippen LogP contribution in [-0.2, 0) is 28.6 Å². The molecule has 0 N–H and O–H groups in total. The van der Waals surface area contributed by atoms with E-state index in [-0.39, 0.29) is 31.1 Å². The minimum atomic E-state index is -0.769. The maximum Gasteiger partial charge on any atom is 0.306 e. The van der Waals surface area contributed by atoms with Gasteiger partial charge < -0.3 is 14.2 Å². The number of allylic oxidation sites excluding steroid dienone is 12. The lowest BCUT2D eigenvalue weighted by atomic mass is 10.0. The number of carbonyl (C=O) groups is 3. The number of esters is 3. The van der Waals surface area contributed by atoms with Crippen LogP contribution >= 0.6 is 0 Å². The second kappa shape index (κ2) is 65.4. The van der Waals surface area contributed by atoms with Gasteiger partial charge in [-0.2, -0.15) is 0 Å². The molecule has 446 valence electrons. The normalized spacial score (nSPS) is 12.5. The third-order valence-corrected chi connectivity index (χ3v) is 14.7. The van der Waals surface area contributed by atoms with Crippen LogP contribution in [0, 0.1) is 0 Å². The second-order valence-corrected chi connectivity index (χ2v) is 22.4. The summed E-state index contributed by atoms with van der Waals surface area (Å²) in [6.07, 6.45) is 85.3. The van der Waals surface area contributed by atoms with Crippen molar-refractivity contribution < 1.29 is 28.6 Å². The highest BCUT2D eigenvalue weighted by Crippen LogP contribution is 2.18. The molecule has 0 fully saturated rings. The molecule has 0 heterocycles. The summed E-state index contributed by atoms with van der Waals surface area (Å²) in [5, 5.41) is 0. The molecule has 1 atom stereocenters. The molecule has 0 saturated carbocycles. The van der Waals surface area contributed by atoms with Gasteiger partial charge in [-0.05, 0) is 70.6 Å². The zero-order valence-corrected chi connectivity index (χ0v) is 51.2. The molecule has 0 aliphatic carbocycles. The van der Waals surface area contributed by atoms with E-state index in [2.05, 4.69) is 93.7 Å². The van der Waals surface area contributed by atoms with Gasteiger partial charge in [-0.1, -0.05) is 325 Å². The topological polar surface area (TPSA) is 78.9 Å². The Morgan fingerprint density at radius 2 is 0.506 bits per heavy atom. The van der Waals surface area contributed by atoms with E-state index in [1.807, 2.05) is 0 Å². The highest BCUT2D eigenvalue weighted by Gasteiger charge is 2.19. The molecule has 0 aliphatic heterocycles. The van der Waals surface area contributed by atoms with Crippen LogP contribution < -0.4 is 0 Å². The highest BCUT2D eigenvalue weighted by molar-refractivity contribution is 5.71. The molecule has 0 rings (SSSR count). The summed E-state index contributed by atoms with van der Waals surface area (Å²) in [5.41, 5.74) is 0. The van der Waals surface area contributed by atoms with Gasteiger partial charge in [0.1, 0.15) is 13.2 Å². The molecule has 1 unspecified atom stereocenters. The minimum absolute atomic E-state index is 0.0702. The molecule has 6 nitrogen and oxygen atoms in total. The lowest BCUT2D eigenvalue weighted by Gasteiger charge is -2.18. The average molecular weight is 1080 g/mol. The van der Waals surface area contributed by atoms with Crippen LogP contribution in [0.25, 0.3) is 0 Å². The predicted octanol–water partition coefficient (Wildman–Crippen LogP) is 22.9. The Labute approximate surface area is 478 Å². The molecule has 6 heteroatoms. The van der Waals surface area contributed by atoms with E-state index >= 15 is 0 Å². The first-order valence-electron chi connectivity index (χ1n) is 33.4. The summed E-state index contributed by atoms with van der Waals surface area (Å²) >= 11 is 0. The van der Waals surface area contributed by atoms with Crippen molar-refractivity contribution >= 4 is 17.9 Å². The van der Waals surface area contributed by atoms with E-state index in [9.17, 15) is 14.4 Å².